The molecule has 0 atom stereocenters. The first-order valence-electron chi connectivity index (χ1n) is 6.63. The maximum Gasteiger partial charge on any atom is 0.0621 e. The first-order valence-corrected chi connectivity index (χ1v) is 6.63. The fourth-order valence-electron chi connectivity index (χ4n) is 1.78. The van der Waals surface area contributed by atoms with E-state index < -0.39 is 0 Å². The standard InChI is InChI=1S/C11H22N6/c1-2-4-6-8-10-12-14-16-17-15-13-11-9-7-5-3-1/h1-11H2/b14-12?,15-13?,17-16-. The minimum Gasteiger partial charge on any atom is -0.167 e. The van der Waals surface area contributed by atoms with Crippen molar-refractivity contribution in [2.24, 2.45) is 31.1 Å². The van der Waals surface area contributed by atoms with Crippen LogP contribution in [0.15, 0.2) is 31.1 Å². The average molecular weight is 238 g/mol. The van der Waals surface area contributed by atoms with E-state index in [4.69, 9.17) is 0 Å². The highest BCUT2D eigenvalue weighted by Gasteiger charge is 1.93. The van der Waals surface area contributed by atoms with Crippen LogP contribution in [0.5, 0.6) is 0 Å². The monoisotopic (exact) mass is 238 g/mol. The zero-order valence-corrected chi connectivity index (χ0v) is 10.5. The topological polar surface area (TPSA) is 74.2 Å². The van der Waals surface area contributed by atoms with E-state index in [0.29, 0.717) is 0 Å². The van der Waals surface area contributed by atoms with E-state index in [1.165, 1.54) is 44.9 Å². The maximum atomic E-state index is 3.88. The van der Waals surface area contributed by atoms with Crippen molar-refractivity contribution in [2.45, 2.75) is 57.8 Å². The first-order chi connectivity index (χ1) is 8.50. The Labute approximate surface area is 103 Å². The van der Waals surface area contributed by atoms with Gasteiger partial charge in [-0.1, -0.05) is 44.9 Å². The van der Waals surface area contributed by atoms with E-state index in [2.05, 4.69) is 31.1 Å². The van der Waals surface area contributed by atoms with Gasteiger partial charge in [0.05, 0.1) is 13.1 Å². The second kappa shape index (κ2) is 11.3. The van der Waals surface area contributed by atoms with Crippen molar-refractivity contribution in [3.05, 3.63) is 0 Å². The predicted molar refractivity (Wildman–Crippen MR) is 65.9 cm³/mol. The summed E-state index contributed by atoms with van der Waals surface area (Å²) in [5.41, 5.74) is 0. The van der Waals surface area contributed by atoms with Crippen LogP contribution in [0.2, 0.25) is 0 Å². The summed E-state index contributed by atoms with van der Waals surface area (Å²) in [5, 5.41) is 21.7. The van der Waals surface area contributed by atoms with Gasteiger partial charge in [-0.15, -0.1) is 0 Å². The van der Waals surface area contributed by atoms with Gasteiger partial charge >= 0.3 is 0 Å². The van der Waals surface area contributed by atoms with Gasteiger partial charge in [0.15, 0.2) is 0 Å². The van der Waals surface area contributed by atoms with Crippen LogP contribution in [0.25, 0.3) is 0 Å². The van der Waals surface area contributed by atoms with Crippen LogP contribution in [0, 0.1) is 0 Å². The summed E-state index contributed by atoms with van der Waals surface area (Å²) in [6.07, 6.45) is 11.3. The number of rotatable bonds is 0. The lowest BCUT2D eigenvalue weighted by Gasteiger charge is -2.00. The normalized spacial score (nSPS) is 23.1. The summed E-state index contributed by atoms with van der Waals surface area (Å²) in [4.78, 5) is 0. The van der Waals surface area contributed by atoms with Gasteiger partial charge in [0.25, 0.3) is 0 Å². The molecule has 0 aliphatic carbocycles. The molecule has 0 saturated carbocycles. The average Bonchev–Trinajstić information content (AvgIpc) is 2.35. The molecule has 17 heavy (non-hydrogen) atoms. The van der Waals surface area contributed by atoms with E-state index >= 15 is 0 Å². The molecule has 0 aromatic rings. The lowest BCUT2D eigenvalue weighted by molar-refractivity contribution is 0.559. The molecule has 0 fully saturated rings. The number of nitrogens with zero attached hydrogens (tertiary/aromatic N) is 6. The zero-order chi connectivity index (χ0) is 12.0. The van der Waals surface area contributed by atoms with Crippen molar-refractivity contribution in [1.29, 1.82) is 0 Å². The van der Waals surface area contributed by atoms with Gasteiger partial charge in [-0.05, 0) is 33.7 Å². The molecule has 0 aromatic heterocycles. The smallest absolute Gasteiger partial charge is 0.0621 e. The highest BCUT2D eigenvalue weighted by Crippen LogP contribution is 2.10. The molecule has 0 spiro atoms. The Bertz CT molecular complexity index is 224. The summed E-state index contributed by atoms with van der Waals surface area (Å²) in [5.74, 6) is 0. The molecule has 0 amide bonds. The van der Waals surface area contributed by atoms with Gasteiger partial charge in [-0.2, -0.15) is 10.2 Å². The third-order valence-electron chi connectivity index (χ3n) is 2.76. The minimum atomic E-state index is 0.732. The van der Waals surface area contributed by atoms with Crippen molar-refractivity contribution in [1.82, 2.24) is 0 Å². The highest BCUT2D eigenvalue weighted by atomic mass is 15.6. The third kappa shape index (κ3) is 9.71. The summed E-state index contributed by atoms with van der Waals surface area (Å²) < 4.78 is 0. The van der Waals surface area contributed by atoms with Gasteiger partial charge in [0.1, 0.15) is 0 Å². The predicted octanol–water partition coefficient (Wildman–Crippen LogP) is 4.70. The Kier molecular flexibility index (Phi) is 9.21. The van der Waals surface area contributed by atoms with Crippen molar-refractivity contribution in [2.75, 3.05) is 13.1 Å². The second-order valence-corrected chi connectivity index (χ2v) is 4.27. The fourth-order valence-corrected chi connectivity index (χ4v) is 1.78. The van der Waals surface area contributed by atoms with E-state index in [9.17, 15) is 0 Å². The summed E-state index contributed by atoms with van der Waals surface area (Å²) in [7, 11) is 0. The molecule has 0 unspecified atom stereocenters. The van der Waals surface area contributed by atoms with Gasteiger partial charge in [-0.3, -0.25) is 0 Å². The van der Waals surface area contributed by atoms with E-state index in [-0.39, 0.29) is 0 Å². The highest BCUT2D eigenvalue weighted by molar-refractivity contribution is 4.49. The molecule has 0 N–H and O–H groups in total. The van der Waals surface area contributed by atoms with Crippen LogP contribution in [0.3, 0.4) is 0 Å². The van der Waals surface area contributed by atoms with E-state index in [0.717, 1.165) is 25.9 Å². The molecule has 0 saturated heterocycles. The van der Waals surface area contributed by atoms with Gasteiger partial charge in [0, 0.05) is 0 Å². The van der Waals surface area contributed by atoms with Crippen LogP contribution in [0.4, 0.5) is 0 Å². The molecule has 0 radical (unpaired) electrons. The summed E-state index contributed by atoms with van der Waals surface area (Å²) >= 11 is 0. The van der Waals surface area contributed by atoms with Gasteiger partial charge in [-0.25, -0.2) is 0 Å². The van der Waals surface area contributed by atoms with Crippen LogP contribution >= 0.6 is 0 Å². The minimum absolute atomic E-state index is 0.732. The molecule has 1 rings (SSSR count). The second-order valence-electron chi connectivity index (χ2n) is 4.27. The third-order valence-corrected chi connectivity index (χ3v) is 2.76. The van der Waals surface area contributed by atoms with E-state index in [1.54, 1.807) is 0 Å². The van der Waals surface area contributed by atoms with Crippen molar-refractivity contribution < 1.29 is 0 Å². The van der Waals surface area contributed by atoms with Crippen LogP contribution in [0.1, 0.15) is 57.8 Å². The van der Waals surface area contributed by atoms with Gasteiger partial charge in [0.2, 0.25) is 0 Å². The summed E-state index contributed by atoms with van der Waals surface area (Å²) in [6, 6.07) is 0. The van der Waals surface area contributed by atoms with Gasteiger partial charge < -0.3 is 0 Å². The number of hydrogen-bond acceptors (Lipinski definition) is 6. The molecule has 6 nitrogen and oxygen atoms in total. The summed E-state index contributed by atoms with van der Waals surface area (Å²) in [6.45, 7) is 1.46. The molecule has 96 valence electrons. The lowest BCUT2D eigenvalue weighted by atomic mass is 10.1. The Morgan fingerprint density at radius 1 is 0.353 bits per heavy atom. The molecular weight excluding hydrogens is 216 g/mol. The van der Waals surface area contributed by atoms with Crippen LogP contribution in [-0.4, -0.2) is 13.1 Å². The molecule has 6 heteroatoms. The van der Waals surface area contributed by atoms with Crippen LogP contribution < -0.4 is 0 Å². The lowest BCUT2D eigenvalue weighted by Crippen LogP contribution is -1.84. The largest absolute Gasteiger partial charge is 0.167 e. The van der Waals surface area contributed by atoms with Crippen LogP contribution in [-0.2, 0) is 0 Å². The molecule has 1 aliphatic heterocycles. The molecule has 1 heterocycles. The molecule has 0 bridgehead atoms. The Morgan fingerprint density at radius 2 is 0.706 bits per heavy atom. The molecule has 0 aromatic carbocycles. The SMILES string of the molecule is C1CCCCCN=N/N=N\N=NCCCCC1. The molecular formula is C11H22N6. The Hall–Kier alpha value is -1.20. The van der Waals surface area contributed by atoms with Crippen molar-refractivity contribution in [3.63, 3.8) is 0 Å². The zero-order valence-electron chi connectivity index (χ0n) is 10.5. The van der Waals surface area contributed by atoms with Crippen molar-refractivity contribution in [3.8, 4) is 0 Å². The fraction of sp³-hybridized carbons (Fsp3) is 1.00. The maximum absolute atomic E-state index is 3.88. The first kappa shape index (κ1) is 13.9. The Balaban J connectivity index is 2.22. The van der Waals surface area contributed by atoms with E-state index in [1.807, 2.05) is 0 Å². The molecule has 1 aliphatic rings. The number of hydrogen-bond donors (Lipinski definition) is 0. The van der Waals surface area contributed by atoms with Crippen molar-refractivity contribution >= 4 is 0 Å². The quantitative estimate of drug-likeness (QED) is 0.586. The Morgan fingerprint density at radius 3 is 1.12 bits per heavy atom.